The Bertz CT molecular complexity index is 844. The lowest BCUT2D eigenvalue weighted by Crippen LogP contribution is -2.49. The molecule has 1 aromatic heterocycles. The van der Waals surface area contributed by atoms with Crippen LogP contribution in [0.1, 0.15) is 51.9 Å². The Hall–Kier alpha value is -1.99. The third kappa shape index (κ3) is 5.01. The number of carbonyl (C=O) groups excluding carboxylic acids is 2. The van der Waals surface area contributed by atoms with Crippen LogP contribution in [0, 0.1) is 5.92 Å². The van der Waals surface area contributed by atoms with Gasteiger partial charge in [-0.25, -0.2) is 4.98 Å². The predicted molar refractivity (Wildman–Crippen MR) is 122 cm³/mol. The van der Waals surface area contributed by atoms with Crippen molar-refractivity contribution in [1.29, 1.82) is 0 Å². The number of hydrogen-bond acceptors (Lipinski definition) is 5. The smallest absolute Gasteiger partial charge is 0.242 e. The molecular formula is C23H32N4O2S. The first-order valence-electron chi connectivity index (χ1n) is 11.3. The summed E-state index contributed by atoms with van der Waals surface area (Å²) in [5.41, 5.74) is 0.932. The maximum atomic E-state index is 13.1. The van der Waals surface area contributed by atoms with Crippen molar-refractivity contribution in [2.24, 2.45) is 5.92 Å². The average molecular weight is 429 g/mol. The zero-order valence-electron chi connectivity index (χ0n) is 17.8. The van der Waals surface area contributed by atoms with Gasteiger partial charge in [0.15, 0.2) is 5.13 Å². The number of rotatable bonds is 6. The van der Waals surface area contributed by atoms with Crippen molar-refractivity contribution in [2.45, 2.75) is 57.9 Å². The van der Waals surface area contributed by atoms with Gasteiger partial charge in [0, 0.05) is 19.1 Å². The molecule has 2 aliphatic rings. The van der Waals surface area contributed by atoms with E-state index in [1.807, 2.05) is 31.2 Å². The van der Waals surface area contributed by atoms with Gasteiger partial charge >= 0.3 is 0 Å². The molecule has 0 bridgehead atoms. The highest BCUT2D eigenvalue weighted by Gasteiger charge is 2.29. The Morgan fingerprint density at radius 2 is 1.97 bits per heavy atom. The van der Waals surface area contributed by atoms with E-state index in [2.05, 4.69) is 15.2 Å². The molecule has 1 saturated heterocycles. The first-order chi connectivity index (χ1) is 14.6. The summed E-state index contributed by atoms with van der Waals surface area (Å²) in [5.74, 6) is 0.230. The van der Waals surface area contributed by atoms with Crippen LogP contribution in [-0.2, 0) is 9.59 Å². The minimum atomic E-state index is -0.00833. The fourth-order valence-corrected chi connectivity index (χ4v) is 5.70. The summed E-state index contributed by atoms with van der Waals surface area (Å²) >= 11 is 1.56. The van der Waals surface area contributed by atoms with E-state index in [-0.39, 0.29) is 17.7 Å². The summed E-state index contributed by atoms with van der Waals surface area (Å²) in [6.07, 6.45) is 7.81. The number of nitrogens with zero attached hydrogens (tertiary/aromatic N) is 3. The van der Waals surface area contributed by atoms with Crippen molar-refractivity contribution >= 4 is 38.5 Å². The molecule has 1 saturated carbocycles. The monoisotopic (exact) mass is 428 g/mol. The number of carbonyl (C=O) groups is 2. The largest absolute Gasteiger partial charge is 0.353 e. The number of amides is 2. The molecule has 7 heteroatoms. The van der Waals surface area contributed by atoms with Crippen LogP contribution in [0.15, 0.2) is 24.3 Å². The van der Waals surface area contributed by atoms with Gasteiger partial charge in [0.2, 0.25) is 11.8 Å². The van der Waals surface area contributed by atoms with Crippen molar-refractivity contribution in [3.8, 4) is 0 Å². The zero-order chi connectivity index (χ0) is 20.9. The first kappa shape index (κ1) is 21.2. The van der Waals surface area contributed by atoms with Gasteiger partial charge < -0.3 is 5.32 Å². The third-order valence-electron chi connectivity index (χ3n) is 6.32. The molecule has 2 heterocycles. The van der Waals surface area contributed by atoms with E-state index < -0.39 is 0 Å². The highest BCUT2D eigenvalue weighted by molar-refractivity contribution is 7.22. The number of nitrogens with one attached hydrogen (secondary N) is 1. The standard InChI is InChI=1S/C23H32N4O2S/c1-2-27(23-25-19-12-6-7-13-20(19)30-23)21(28)16-26-14-8-9-17(15-26)22(29)24-18-10-4-3-5-11-18/h6-7,12-13,17-18H,2-5,8-11,14-16H2,1H3,(H,24,29). The van der Waals surface area contributed by atoms with E-state index in [0.717, 1.165) is 47.6 Å². The van der Waals surface area contributed by atoms with Crippen LogP contribution in [0.2, 0.25) is 0 Å². The SMILES string of the molecule is CCN(C(=O)CN1CCCC(C(=O)NC2CCCCC2)C1)c1nc2ccccc2s1. The van der Waals surface area contributed by atoms with Crippen molar-refractivity contribution in [1.82, 2.24) is 15.2 Å². The summed E-state index contributed by atoms with van der Waals surface area (Å²) in [6, 6.07) is 8.33. The summed E-state index contributed by atoms with van der Waals surface area (Å²) in [6.45, 7) is 4.47. The number of likely N-dealkylation sites (tertiary alicyclic amines) is 1. The number of thiazole rings is 1. The fraction of sp³-hybridized carbons (Fsp3) is 0.609. The number of aromatic nitrogens is 1. The number of piperidine rings is 1. The molecule has 1 aliphatic heterocycles. The molecular weight excluding hydrogens is 396 g/mol. The van der Waals surface area contributed by atoms with E-state index >= 15 is 0 Å². The van der Waals surface area contributed by atoms with Crippen LogP contribution in [0.5, 0.6) is 0 Å². The maximum absolute atomic E-state index is 13.1. The molecule has 0 radical (unpaired) electrons. The summed E-state index contributed by atoms with van der Waals surface area (Å²) in [7, 11) is 0. The van der Waals surface area contributed by atoms with Crippen molar-refractivity contribution < 1.29 is 9.59 Å². The fourth-order valence-electron chi connectivity index (χ4n) is 4.65. The molecule has 4 rings (SSSR count). The quantitative estimate of drug-likeness (QED) is 0.760. The van der Waals surface area contributed by atoms with Crippen LogP contribution in [0.4, 0.5) is 5.13 Å². The molecule has 162 valence electrons. The lowest BCUT2D eigenvalue weighted by atomic mass is 9.93. The maximum Gasteiger partial charge on any atom is 0.242 e. The Labute approximate surface area is 182 Å². The first-order valence-corrected chi connectivity index (χ1v) is 12.1. The minimum absolute atomic E-state index is 0.00833. The third-order valence-corrected chi connectivity index (χ3v) is 7.38. The highest BCUT2D eigenvalue weighted by Crippen LogP contribution is 2.29. The topological polar surface area (TPSA) is 65.5 Å². The molecule has 1 N–H and O–H groups in total. The van der Waals surface area contributed by atoms with Gasteiger partial charge in [0.25, 0.3) is 0 Å². The van der Waals surface area contributed by atoms with E-state index in [4.69, 9.17) is 0 Å². The zero-order valence-corrected chi connectivity index (χ0v) is 18.6. The Kier molecular flexibility index (Phi) is 7.00. The van der Waals surface area contributed by atoms with Crippen LogP contribution >= 0.6 is 11.3 Å². The normalized spacial score (nSPS) is 20.9. The molecule has 1 aromatic carbocycles. The Balaban J connectivity index is 1.35. The van der Waals surface area contributed by atoms with E-state index in [0.29, 0.717) is 25.7 Å². The molecule has 1 aliphatic carbocycles. The highest BCUT2D eigenvalue weighted by atomic mass is 32.1. The van der Waals surface area contributed by atoms with E-state index in [1.165, 1.54) is 19.3 Å². The number of likely N-dealkylation sites (N-methyl/N-ethyl adjacent to an activating group) is 1. The second kappa shape index (κ2) is 9.88. The molecule has 2 fully saturated rings. The minimum Gasteiger partial charge on any atom is -0.353 e. The number of hydrogen-bond donors (Lipinski definition) is 1. The Morgan fingerprint density at radius 3 is 2.73 bits per heavy atom. The lowest BCUT2D eigenvalue weighted by Gasteiger charge is -2.34. The van der Waals surface area contributed by atoms with Crippen molar-refractivity contribution in [3.63, 3.8) is 0 Å². The predicted octanol–water partition coefficient (Wildman–Crippen LogP) is 3.81. The Morgan fingerprint density at radius 1 is 1.17 bits per heavy atom. The molecule has 0 spiro atoms. The average Bonchev–Trinajstić information content (AvgIpc) is 3.19. The molecule has 1 unspecified atom stereocenters. The second-order valence-corrected chi connectivity index (χ2v) is 9.53. The van der Waals surface area contributed by atoms with Gasteiger partial charge in [-0.05, 0) is 51.3 Å². The molecule has 6 nitrogen and oxygen atoms in total. The molecule has 2 aromatic rings. The van der Waals surface area contributed by atoms with Gasteiger partial charge in [0.05, 0.1) is 22.7 Å². The van der Waals surface area contributed by atoms with Gasteiger partial charge in [-0.1, -0.05) is 42.7 Å². The molecule has 1 atom stereocenters. The summed E-state index contributed by atoms with van der Waals surface area (Å²) < 4.78 is 1.09. The van der Waals surface area contributed by atoms with E-state index in [9.17, 15) is 9.59 Å². The van der Waals surface area contributed by atoms with Crippen LogP contribution in [0.25, 0.3) is 10.2 Å². The molecule has 2 amide bonds. The number of benzene rings is 1. The lowest BCUT2D eigenvalue weighted by molar-refractivity contribution is -0.129. The summed E-state index contributed by atoms with van der Waals surface area (Å²) in [5, 5.41) is 4.02. The van der Waals surface area contributed by atoms with E-state index in [1.54, 1.807) is 16.2 Å². The number of anilines is 1. The van der Waals surface area contributed by atoms with Crippen LogP contribution in [-0.4, -0.2) is 53.9 Å². The van der Waals surface area contributed by atoms with Gasteiger partial charge in [-0.3, -0.25) is 19.4 Å². The number of para-hydroxylation sites is 1. The van der Waals surface area contributed by atoms with Crippen molar-refractivity contribution in [3.05, 3.63) is 24.3 Å². The van der Waals surface area contributed by atoms with Gasteiger partial charge in [-0.2, -0.15) is 0 Å². The van der Waals surface area contributed by atoms with Gasteiger partial charge in [0.1, 0.15) is 0 Å². The van der Waals surface area contributed by atoms with Gasteiger partial charge in [-0.15, -0.1) is 0 Å². The van der Waals surface area contributed by atoms with Crippen LogP contribution < -0.4 is 10.2 Å². The van der Waals surface area contributed by atoms with Crippen LogP contribution in [0.3, 0.4) is 0 Å². The number of fused-ring (bicyclic) bond motifs is 1. The second-order valence-electron chi connectivity index (χ2n) is 8.52. The molecule has 30 heavy (non-hydrogen) atoms. The van der Waals surface area contributed by atoms with Crippen molar-refractivity contribution in [2.75, 3.05) is 31.1 Å². The summed E-state index contributed by atoms with van der Waals surface area (Å²) in [4.78, 5) is 34.4.